The molecule has 2 heterocycles. The predicted molar refractivity (Wildman–Crippen MR) is 181 cm³/mol. The lowest BCUT2D eigenvalue weighted by atomic mass is 9.41. The zero-order valence-electron chi connectivity index (χ0n) is 31.3. The number of carbonyl (C=O) groups is 1. The first-order valence-corrected chi connectivity index (χ1v) is 19.2. The fourth-order valence-corrected chi connectivity index (χ4v) is 14.0. The second-order valence-electron chi connectivity index (χ2n) is 19.0. The lowest BCUT2D eigenvalue weighted by molar-refractivity contribution is -0.249. The van der Waals surface area contributed by atoms with Crippen LogP contribution >= 0.6 is 0 Å². The molecule has 9 nitrogen and oxygen atoms in total. The van der Waals surface area contributed by atoms with E-state index in [2.05, 4.69) is 39.5 Å². The van der Waals surface area contributed by atoms with Gasteiger partial charge in [0.1, 0.15) is 0 Å². The van der Waals surface area contributed by atoms with Crippen molar-refractivity contribution in [3.05, 3.63) is 0 Å². The Kier molecular flexibility index (Phi) is 8.79. The summed E-state index contributed by atoms with van der Waals surface area (Å²) < 4.78 is 30.9. The zero-order valence-corrected chi connectivity index (χ0v) is 31.3. The average Bonchev–Trinajstić information content (AvgIpc) is 3.64. The highest BCUT2D eigenvalue weighted by atomic mass is 16.7. The van der Waals surface area contributed by atoms with E-state index in [1.807, 2.05) is 0 Å². The number of morpholine rings is 1. The van der Waals surface area contributed by atoms with Crippen molar-refractivity contribution < 1.29 is 38.7 Å². The molecule has 5 saturated carbocycles. The first-order chi connectivity index (χ1) is 22.5. The molecule has 7 rings (SSSR count). The number of rotatable bonds is 8. The van der Waals surface area contributed by atoms with Crippen LogP contribution in [-0.2, 0) is 28.5 Å². The normalized spacial score (nSPS) is 50.3. The Morgan fingerprint density at radius 3 is 2.46 bits per heavy atom. The van der Waals surface area contributed by atoms with Crippen molar-refractivity contribution >= 4 is 5.97 Å². The van der Waals surface area contributed by atoms with E-state index in [1.54, 1.807) is 21.0 Å². The zero-order chi connectivity index (χ0) is 34.7. The smallest absolute Gasteiger partial charge is 0.303 e. The monoisotopic (exact) mass is 675 g/mol. The second kappa shape index (κ2) is 11.9. The van der Waals surface area contributed by atoms with Crippen molar-refractivity contribution in [3.63, 3.8) is 0 Å². The standard InChI is InChI=1S/C39H65NO8/c1-23-20-25(33(35(5,6)43)46-24(2)41)47-31-30(23)36(7)14-15-39-22-38(39)13-12-28(48-29-21-40(16-18-44-9)17-19-45-29)34(3,4)26(38)10-11-27(39)37(36,8)32(31)42/h23,25-33,42-43H,10-22H2,1-9H3/t23-,25-,26+,27+,28+,29+,30+,31+,32+,33+,36-,37-,38-,39+/m1/s1. The van der Waals surface area contributed by atoms with Crippen LogP contribution in [0.25, 0.3) is 0 Å². The van der Waals surface area contributed by atoms with E-state index >= 15 is 0 Å². The molecule has 0 aromatic heterocycles. The summed E-state index contributed by atoms with van der Waals surface area (Å²) in [5.41, 5.74) is -0.966. The molecule has 0 aromatic rings. The van der Waals surface area contributed by atoms with Gasteiger partial charge in [0.15, 0.2) is 12.4 Å². The van der Waals surface area contributed by atoms with Gasteiger partial charge in [0, 0.05) is 39.1 Å². The number of ether oxygens (including phenoxy) is 5. The van der Waals surface area contributed by atoms with Crippen LogP contribution in [0.15, 0.2) is 0 Å². The van der Waals surface area contributed by atoms with Gasteiger partial charge in [0.05, 0.1) is 43.2 Å². The third-order valence-electron chi connectivity index (χ3n) is 16.1. The summed E-state index contributed by atoms with van der Waals surface area (Å²) in [6.45, 7) is 20.9. The van der Waals surface area contributed by atoms with Crippen molar-refractivity contribution in [3.8, 4) is 0 Å². The Labute approximate surface area is 289 Å². The highest BCUT2D eigenvalue weighted by Gasteiger charge is 2.84. The van der Waals surface area contributed by atoms with Gasteiger partial charge in [-0.1, -0.05) is 34.6 Å². The van der Waals surface area contributed by atoms with Gasteiger partial charge < -0.3 is 33.9 Å². The molecule has 274 valence electrons. The number of hydrogen-bond acceptors (Lipinski definition) is 9. The van der Waals surface area contributed by atoms with Gasteiger partial charge in [-0.2, -0.15) is 0 Å². The number of methoxy groups -OCH3 is 1. The molecule has 2 spiro atoms. The molecule has 2 N–H and O–H groups in total. The summed E-state index contributed by atoms with van der Waals surface area (Å²) in [5, 5.41) is 23.6. The summed E-state index contributed by atoms with van der Waals surface area (Å²) >= 11 is 0. The highest BCUT2D eigenvalue weighted by molar-refractivity contribution is 5.66. The van der Waals surface area contributed by atoms with Crippen LogP contribution in [0.2, 0.25) is 0 Å². The largest absolute Gasteiger partial charge is 0.457 e. The number of carbonyl (C=O) groups excluding carboxylic acids is 1. The van der Waals surface area contributed by atoms with Crippen LogP contribution in [0.1, 0.15) is 107 Å². The topological polar surface area (TPSA) is 107 Å². The predicted octanol–water partition coefficient (Wildman–Crippen LogP) is 5.19. The number of hydrogen-bond donors (Lipinski definition) is 2. The van der Waals surface area contributed by atoms with Crippen molar-refractivity contribution in [1.82, 2.24) is 4.90 Å². The van der Waals surface area contributed by atoms with E-state index in [1.165, 1.54) is 32.6 Å². The lowest BCUT2D eigenvalue weighted by Gasteiger charge is -2.64. The molecule has 2 aliphatic heterocycles. The molecule has 0 radical (unpaired) electrons. The molecule has 0 bridgehead atoms. The lowest BCUT2D eigenvalue weighted by Crippen LogP contribution is -2.60. The van der Waals surface area contributed by atoms with Crippen LogP contribution in [-0.4, -0.2) is 103 Å². The molecule has 0 amide bonds. The molecule has 7 fully saturated rings. The van der Waals surface area contributed by atoms with Crippen LogP contribution < -0.4 is 0 Å². The third kappa shape index (κ3) is 4.97. The number of fused-ring (bicyclic) bond motifs is 4. The molecule has 0 aromatic carbocycles. The van der Waals surface area contributed by atoms with Crippen LogP contribution in [0.5, 0.6) is 0 Å². The van der Waals surface area contributed by atoms with E-state index in [-0.39, 0.29) is 52.0 Å². The number of aliphatic hydroxyl groups excluding tert-OH is 1. The first kappa shape index (κ1) is 35.6. The second-order valence-corrected chi connectivity index (χ2v) is 19.0. The van der Waals surface area contributed by atoms with Crippen molar-refractivity contribution in [2.75, 3.05) is 40.0 Å². The van der Waals surface area contributed by atoms with Crippen molar-refractivity contribution in [1.29, 1.82) is 0 Å². The van der Waals surface area contributed by atoms with E-state index in [9.17, 15) is 15.0 Å². The fourth-order valence-electron chi connectivity index (χ4n) is 14.0. The van der Waals surface area contributed by atoms with Gasteiger partial charge in [-0.3, -0.25) is 9.69 Å². The molecule has 48 heavy (non-hydrogen) atoms. The van der Waals surface area contributed by atoms with Crippen molar-refractivity contribution in [2.45, 2.75) is 149 Å². The minimum Gasteiger partial charge on any atom is -0.457 e. The quantitative estimate of drug-likeness (QED) is 0.336. The van der Waals surface area contributed by atoms with E-state index < -0.39 is 29.9 Å². The van der Waals surface area contributed by atoms with Crippen LogP contribution in [0.4, 0.5) is 0 Å². The number of nitrogens with zero attached hydrogens (tertiary/aromatic N) is 1. The van der Waals surface area contributed by atoms with E-state index in [4.69, 9.17) is 23.7 Å². The first-order valence-electron chi connectivity index (χ1n) is 19.2. The summed E-state index contributed by atoms with van der Waals surface area (Å²) in [5.74, 6) is 1.11. The van der Waals surface area contributed by atoms with Crippen molar-refractivity contribution in [2.24, 2.45) is 50.7 Å². The van der Waals surface area contributed by atoms with Gasteiger partial charge in [0.25, 0.3) is 0 Å². The molecule has 0 unspecified atom stereocenters. The maximum absolute atomic E-state index is 12.6. The fraction of sp³-hybridized carbons (Fsp3) is 0.974. The Balaban J connectivity index is 1.11. The van der Waals surface area contributed by atoms with Crippen LogP contribution in [0, 0.1) is 50.7 Å². The van der Waals surface area contributed by atoms with Gasteiger partial charge in [-0.05, 0) is 111 Å². The molecule has 5 aliphatic carbocycles. The van der Waals surface area contributed by atoms with Gasteiger partial charge >= 0.3 is 5.97 Å². The van der Waals surface area contributed by atoms with Crippen LogP contribution in [0.3, 0.4) is 0 Å². The molecular formula is C39H65NO8. The van der Waals surface area contributed by atoms with E-state index in [0.717, 1.165) is 45.5 Å². The molecule has 7 aliphatic rings. The maximum Gasteiger partial charge on any atom is 0.303 e. The van der Waals surface area contributed by atoms with Gasteiger partial charge in [-0.25, -0.2) is 0 Å². The molecular weight excluding hydrogens is 610 g/mol. The third-order valence-corrected chi connectivity index (χ3v) is 16.1. The maximum atomic E-state index is 12.6. The highest BCUT2D eigenvalue weighted by Crippen LogP contribution is 2.89. The number of esters is 1. The Morgan fingerprint density at radius 2 is 1.77 bits per heavy atom. The minimum absolute atomic E-state index is 0.0441. The molecule has 2 saturated heterocycles. The Hall–Kier alpha value is -0.810. The Bertz CT molecular complexity index is 1240. The Morgan fingerprint density at radius 1 is 1.06 bits per heavy atom. The van der Waals surface area contributed by atoms with E-state index in [0.29, 0.717) is 30.3 Å². The number of aliphatic hydroxyl groups is 2. The summed E-state index contributed by atoms with van der Waals surface area (Å²) in [7, 11) is 1.76. The summed E-state index contributed by atoms with van der Waals surface area (Å²) in [6.07, 6.45) is 6.68. The average molecular weight is 676 g/mol. The SMILES string of the molecule is COCCN1CCO[C@@H](O[C@H]2CC[C@]34C[C@]35CC[C@]3(C)[C@@H]6[C@H](O[C@@H]([C@H](OC(C)=O)C(C)(C)O)C[C@H]6C)[C@H](O)[C@@]3(C)[C@@H]5CC[C@H]4C2(C)C)C1. The summed E-state index contributed by atoms with van der Waals surface area (Å²) in [6, 6.07) is 0. The minimum atomic E-state index is -1.25. The molecule has 9 heteroatoms. The van der Waals surface area contributed by atoms with Gasteiger partial charge in [0.2, 0.25) is 0 Å². The summed E-state index contributed by atoms with van der Waals surface area (Å²) in [4.78, 5) is 14.5. The molecule has 14 atom stereocenters. The van der Waals surface area contributed by atoms with Gasteiger partial charge in [-0.15, -0.1) is 0 Å².